The van der Waals surface area contributed by atoms with Crippen LogP contribution in [-0.2, 0) is 4.57 Å². The van der Waals surface area contributed by atoms with E-state index in [1.54, 1.807) is 0 Å². The Balaban J connectivity index is 3.18. The van der Waals surface area contributed by atoms with Crippen LogP contribution in [0, 0.1) is 0 Å². The smallest absolute Gasteiger partial charge is 0.264 e. The zero-order valence-corrected chi connectivity index (χ0v) is 6.40. The van der Waals surface area contributed by atoms with Gasteiger partial charge in [0.25, 0.3) is 7.52 Å². The van der Waals surface area contributed by atoms with E-state index in [1.165, 1.54) is 6.66 Å². The van der Waals surface area contributed by atoms with Gasteiger partial charge in [-0.25, -0.2) is 5.09 Å². The van der Waals surface area contributed by atoms with Crippen LogP contribution in [-0.4, -0.2) is 24.6 Å². The van der Waals surface area contributed by atoms with Crippen LogP contribution >= 0.6 is 7.52 Å². The normalized spacial score (nSPS) is 17.2. The van der Waals surface area contributed by atoms with Crippen molar-refractivity contribution in [1.29, 1.82) is 0 Å². The molecule has 0 fully saturated rings. The summed E-state index contributed by atoms with van der Waals surface area (Å²) in [7, 11) is -3.00. The van der Waals surface area contributed by atoms with Crippen LogP contribution < -0.4 is 10.8 Å². The van der Waals surface area contributed by atoms with Crippen LogP contribution in [0.15, 0.2) is 0 Å². The van der Waals surface area contributed by atoms with Gasteiger partial charge in [0.2, 0.25) is 0 Å². The molecule has 0 amide bonds. The summed E-state index contributed by atoms with van der Waals surface area (Å²) in [4.78, 5) is 8.65. The van der Waals surface area contributed by atoms with E-state index >= 15 is 0 Å². The molecule has 9 heavy (non-hydrogen) atoms. The number of rotatable bonds is 4. The molecule has 4 N–H and O–H groups in total. The molecule has 0 spiro atoms. The van der Waals surface area contributed by atoms with Crippen molar-refractivity contribution in [3.8, 4) is 0 Å². The number of hydrogen-bond acceptors (Lipinski definition) is 2. The standard InChI is InChI=1S/C4H13N2O2P/c1-9(7,8)6-4-2-3-5/h2-5H2,1H3,(H2,6,7,8). The highest BCUT2D eigenvalue weighted by Gasteiger charge is 2.05. The molecule has 0 bridgehead atoms. The van der Waals surface area contributed by atoms with Gasteiger partial charge in [0, 0.05) is 13.2 Å². The van der Waals surface area contributed by atoms with E-state index in [1.807, 2.05) is 0 Å². The van der Waals surface area contributed by atoms with Crippen LogP contribution in [0.25, 0.3) is 0 Å². The summed E-state index contributed by atoms with van der Waals surface area (Å²) < 4.78 is 10.5. The van der Waals surface area contributed by atoms with Gasteiger partial charge < -0.3 is 10.6 Å². The summed E-state index contributed by atoms with van der Waals surface area (Å²) in [5.74, 6) is 0. The van der Waals surface area contributed by atoms with E-state index < -0.39 is 7.52 Å². The fourth-order valence-electron chi connectivity index (χ4n) is 0.389. The van der Waals surface area contributed by atoms with Crippen LogP contribution in [0.3, 0.4) is 0 Å². The summed E-state index contributed by atoms with van der Waals surface area (Å²) in [6.07, 6.45) is 0.735. The predicted octanol–water partition coefficient (Wildman–Crippen LogP) is -0.260. The Kier molecular flexibility index (Phi) is 4.06. The van der Waals surface area contributed by atoms with Crippen molar-refractivity contribution in [1.82, 2.24) is 5.09 Å². The van der Waals surface area contributed by atoms with Crippen LogP contribution in [0.1, 0.15) is 6.42 Å². The minimum Gasteiger partial charge on any atom is -0.333 e. The molecular weight excluding hydrogens is 139 g/mol. The maximum absolute atomic E-state index is 10.5. The first-order valence-electron chi connectivity index (χ1n) is 2.82. The summed E-state index contributed by atoms with van der Waals surface area (Å²) >= 11 is 0. The molecule has 0 aromatic rings. The van der Waals surface area contributed by atoms with Crippen molar-refractivity contribution < 1.29 is 9.46 Å². The molecule has 0 heterocycles. The Labute approximate surface area is 55.0 Å². The van der Waals surface area contributed by atoms with Gasteiger partial charge in [0.1, 0.15) is 0 Å². The fourth-order valence-corrected chi connectivity index (χ4v) is 0.962. The lowest BCUT2D eigenvalue weighted by Crippen LogP contribution is -2.14. The first-order chi connectivity index (χ1) is 4.06. The van der Waals surface area contributed by atoms with Gasteiger partial charge in [-0.05, 0) is 13.0 Å². The van der Waals surface area contributed by atoms with Crippen molar-refractivity contribution in [2.75, 3.05) is 19.8 Å². The molecule has 0 radical (unpaired) electrons. The molecule has 0 aromatic heterocycles. The van der Waals surface area contributed by atoms with E-state index in [2.05, 4.69) is 5.09 Å². The molecule has 0 aromatic carbocycles. The largest absolute Gasteiger partial charge is 0.333 e. The summed E-state index contributed by atoms with van der Waals surface area (Å²) in [6, 6.07) is 0. The second-order valence-electron chi connectivity index (χ2n) is 1.93. The monoisotopic (exact) mass is 152 g/mol. The topological polar surface area (TPSA) is 75.3 Å². The molecular formula is C4H13N2O2P. The Morgan fingerprint density at radius 1 is 1.78 bits per heavy atom. The highest BCUT2D eigenvalue weighted by atomic mass is 31.2. The third-order valence-electron chi connectivity index (χ3n) is 0.786. The zero-order chi connectivity index (χ0) is 7.33. The molecule has 1 atom stereocenters. The molecule has 4 nitrogen and oxygen atoms in total. The Morgan fingerprint density at radius 2 is 2.33 bits per heavy atom. The molecule has 0 saturated carbocycles. The summed E-state index contributed by atoms with van der Waals surface area (Å²) in [5, 5.41) is 2.45. The van der Waals surface area contributed by atoms with Gasteiger partial charge in [0.05, 0.1) is 0 Å². The number of hydrogen-bond donors (Lipinski definition) is 3. The highest BCUT2D eigenvalue weighted by molar-refractivity contribution is 7.54. The average Bonchev–Trinajstić information content (AvgIpc) is 1.63. The Morgan fingerprint density at radius 3 is 2.67 bits per heavy atom. The van der Waals surface area contributed by atoms with Crippen molar-refractivity contribution in [2.45, 2.75) is 6.42 Å². The van der Waals surface area contributed by atoms with Gasteiger partial charge >= 0.3 is 0 Å². The van der Waals surface area contributed by atoms with E-state index in [4.69, 9.17) is 10.6 Å². The van der Waals surface area contributed by atoms with Crippen LogP contribution in [0.2, 0.25) is 0 Å². The molecule has 5 heteroatoms. The molecule has 0 aliphatic heterocycles. The van der Waals surface area contributed by atoms with Crippen molar-refractivity contribution in [3.63, 3.8) is 0 Å². The quantitative estimate of drug-likeness (QED) is 0.383. The molecule has 0 rings (SSSR count). The summed E-state index contributed by atoms with van der Waals surface area (Å²) in [5.41, 5.74) is 5.15. The van der Waals surface area contributed by atoms with Crippen LogP contribution in [0.4, 0.5) is 0 Å². The van der Waals surface area contributed by atoms with E-state index in [-0.39, 0.29) is 0 Å². The van der Waals surface area contributed by atoms with Crippen molar-refractivity contribution in [2.24, 2.45) is 5.73 Å². The third-order valence-corrected chi connectivity index (χ3v) is 1.60. The fraction of sp³-hybridized carbons (Fsp3) is 1.00. The number of nitrogens with one attached hydrogen (secondary N) is 1. The van der Waals surface area contributed by atoms with Gasteiger partial charge in [0.15, 0.2) is 0 Å². The zero-order valence-electron chi connectivity index (χ0n) is 5.50. The first kappa shape index (κ1) is 9.11. The lowest BCUT2D eigenvalue weighted by molar-refractivity contribution is 0.469. The van der Waals surface area contributed by atoms with E-state index in [0.717, 1.165) is 6.42 Å². The van der Waals surface area contributed by atoms with Gasteiger partial charge in [-0.15, -0.1) is 0 Å². The molecule has 0 aliphatic rings. The summed E-state index contributed by atoms with van der Waals surface area (Å²) in [6.45, 7) is 2.33. The molecule has 1 unspecified atom stereocenters. The molecule has 0 aliphatic carbocycles. The molecule has 56 valence electrons. The van der Waals surface area contributed by atoms with Gasteiger partial charge in [-0.1, -0.05) is 0 Å². The Hall–Kier alpha value is 0.110. The SMILES string of the molecule is CP(=O)(O)NCCCN. The van der Waals surface area contributed by atoms with Crippen LogP contribution in [0.5, 0.6) is 0 Å². The maximum Gasteiger partial charge on any atom is 0.264 e. The Bertz CT molecular complexity index is 111. The predicted molar refractivity (Wildman–Crippen MR) is 37.4 cm³/mol. The lowest BCUT2D eigenvalue weighted by Gasteiger charge is -2.05. The van der Waals surface area contributed by atoms with Gasteiger partial charge in [-0.2, -0.15) is 0 Å². The van der Waals surface area contributed by atoms with Gasteiger partial charge in [-0.3, -0.25) is 4.57 Å². The van der Waals surface area contributed by atoms with Crippen molar-refractivity contribution >= 4 is 7.52 Å². The maximum atomic E-state index is 10.5. The average molecular weight is 152 g/mol. The number of nitrogens with two attached hydrogens (primary N) is 1. The second-order valence-corrected chi connectivity index (χ2v) is 4.00. The second kappa shape index (κ2) is 4.01. The highest BCUT2D eigenvalue weighted by Crippen LogP contribution is 2.27. The molecule has 0 saturated heterocycles. The van der Waals surface area contributed by atoms with Crippen molar-refractivity contribution in [3.05, 3.63) is 0 Å². The minimum absolute atomic E-state index is 0.515. The van der Waals surface area contributed by atoms with E-state index in [9.17, 15) is 4.57 Å². The minimum atomic E-state index is -3.00. The third kappa shape index (κ3) is 8.11. The van der Waals surface area contributed by atoms with E-state index in [0.29, 0.717) is 13.1 Å². The lowest BCUT2D eigenvalue weighted by atomic mass is 10.4. The first-order valence-corrected chi connectivity index (χ1v) is 4.92.